The number of aryl methyl sites for hydroxylation is 1. The summed E-state index contributed by atoms with van der Waals surface area (Å²) in [6, 6.07) is 7.98. The second-order valence-corrected chi connectivity index (χ2v) is 2.98. The second-order valence-electron chi connectivity index (χ2n) is 2.98. The van der Waals surface area contributed by atoms with Crippen LogP contribution in [-0.2, 0) is 7.05 Å². The van der Waals surface area contributed by atoms with Crippen LogP contribution in [0.3, 0.4) is 0 Å². The van der Waals surface area contributed by atoms with E-state index in [1.807, 2.05) is 42.8 Å². The molecular weight excluding hydrogens is 176 g/mol. The number of hydrogen-bond acceptors (Lipinski definition) is 3. The zero-order chi connectivity index (χ0) is 9.97. The van der Waals surface area contributed by atoms with Crippen LogP contribution in [0.5, 0.6) is 0 Å². The Labute approximate surface area is 82.3 Å². The van der Waals surface area contributed by atoms with Gasteiger partial charge in [-0.2, -0.15) is 5.10 Å². The number of hydrogen-bond donors (Lipinski definition) is 1. The molecule has 1 heterocycles. The fraction of sp³-hybridized carbons (Fsp3) is 0.200. The predicted octanol–water partition coefficient (Wildman–Crippen LogP) is 1.99. The molecule has 72 valence electrons. The van der Waals surface area contributed by atoms with Gasteiger partial charge in [0.1, 0.15) is 0 Å². The summed E-state index contributed by atoms with van der Waals surface area (Å²) in [5, 5.41) is 3.94. The zero-order valence-corrected chi connectivity index (χ0v) is 8.23. The highest BCUT2D eigenvalue weighted by Crippen LogP contribution is 2.17. The molecule has 0 amide bonds. The van der Waals surface area contributed by atoms with Gasteiger partial charge in [-0.1, -0.05) is 12.1 Å². The molecule has 0 aliphatic rings. The molecule has 0 bridgehead atoms. The van der Waals surface area contributed by atoms with Gasteiger partial charge in [0.2, 0.25) is 5.95 Å². The highest BCUT2D eigenvalue weighted by molar-refractivity contribution is 5.78. The Morgan fingerprint density at radius 2 is 2.21 bits per heavy atom. The minimum Gasteiger partial charge on any atom is -0.312 e. The second kappa shape index (κ2) is 3.49. The van der Waals surface area contributed by atoms with Crippen molar-refractivity contribution in [1.29, 1.82) is 0 Å². The Kier molecular flexibility index (Phi) is 2.18. The predicted molar refractivity (Wildman–Crippen MR) is 58.5 cm³/mol. The fourth-order valence-corrected chi connectivity index (χ4v) is 1.37. The van der Waals surface area contributed by atoms with Crippen LogP contribution >= 0.6 is 0 Å². The number of hydrazone groups is 1. The van der Waals surface area contributed by atoms with Crippen LogP contribution in [0, 0.1) is 0 Å². The first kappa shape index (κ1) is 8.74. The maximum atomic E-state index is 4.39. The van der Waals surface area contributed by atoms with Crippen LogP contribution in [0.25, 0.3) is 11.0 Å². The summed E-state index contributed by atoms with van der Waals surface area (Å²) in [7, 11) is 1.96. The van der Waals surface area contributed by atoms with Crippen molar-refractivity contribution >= 4 is 23.2 Å². The van der Waals surface area contributed by atoms with Gasteiger partial charge >= 0.3 is 0 Å². The number of aromatic nitrogens is 2. The van der Waals surface area contributed by atoms with E-state index in [0.717, 1.165) is 17.0 Å². The standard InChI is InChI=1S/C10H12N4/c1-3-11-13-10-12-8-6-4-5-7-9(8)14(10)2/h3-7H,1-2H3,(H,12,13)/b11-3+. The lowest BCUT2D eigenvalue weighted by Crippen LogP contribution is -1.97. The maximum Gasteiger partial charge on any atom is 0.224 e. The highest BCUT2D eigenvalue weighted by atomic mass is 15.4. The fourth-order valence-electron chi connectivity index (χ4n) is 1.37. The van der Waals surface area contributed by atoms with E-state index in [2.05, 4.69) is 15.5 Å². The number of nitrogens with zero attached hydrogens (tertiary/aromatic N) is 3. The third-order valence-electron chi connectivity index (χ3n) is 2.08. The molecule has 2 rings (SSSR count). The van der Waals surface area contributed by atoms with E-state index in [-0.39, 0.29) is 0 Å². The van der Waals surface area contributed by atoms with Gasteiger partial charge in [0.25, 0.3) is 0 Å². The number of fused-ring (bicyclic) bond motifs is 1. The van der Waals surface area contributed by atoms with Crippen LogP contribution in [0.2, 0.25) is 0 Å². The molecule has 0 saturated heterocycles. The summed E-state index contributed by atoms with van der Waals surface area (Å²) >= 11 is 0. The van der Waals surface area contributed by atoms with Gasteiger partial charge in [-0.15, -0.1) is 0 Å². The van der Waals surface area contributed by atoms with E-state index < -0.39 is 0 Å². The summed E-state index contributed by atoms with van der Waals surface area (Å²) in [6.45, 7) is 1.86. The molecule has 1 aromatic heterocycles. The van der Waals surface area contributed by atoms with Gasteiger partial charge in [0.15, 0.2) is 0 Å². The van der Waals surface area contributed by atoms with Gasteiger partial charge in [-0.05, 0) is 19.1 Å². The van der Waals surface area contributed by atoms with Crippen molar-refractivity contribution in [2.45, 2.75) is 6.92 Å². The molecule has 1 aromatic carbocycles. The molecule has 4 nitrogen and oxygen atoms in total. The summed E-state index contributed by atoms with van der Waals surface area (Å²) in [4.78, 5) is 4.39. The number of nitrogens with one attached hydrogen (secondary N) is 1. The number of imidazole rings is 1. The monoisotopic (exact) mass is 188 g/mol. The van der Waals surface area contributed by atoms with Crippen molar-refractivity contribution in [2.24, 2.45) is 12.1 Å². The third-order valence-corrected chi connectivity index (χ3v) is 2.08. The van der Waals surface area contributed by atoms with Crippen molar-refractivity contribution in [1.82, 2.24) is 9.55 Å². The Morgan fingerprint density at radius 1 is 1.43 bits per heavy atom. The van der Waals surface area contributed by atoms with Crippen molar-refractivity contribution in [3.05, 3.63) is 24.3 Å². The summed E-state index contributed by atoms with van der Waals surface area (Å²) in [6.07, 6.45) is 1.69. The SMILES string of the molecule is C/C=N/Nc1nc2ccccc2n1C. The molecular formula is C10H12N4. The van der Waals surface area contributed by atoms with Gasteiger partial charge < -0.3 is 4.57 Å². The molecule has 14 heavy (non-hydrogen) atoms. The summed E-state index contributed by atoms with van der Waals surface area (Å²) in [5.74, 6) is 0.754. The normalized spacial score (nSPS) is 11.3. The lowest BCUT2D eigenvalue weighted by atomic mass is 10.3. The average Bonchev–Trinajstić information content (AvgIpc) is 2.54. The van der Waals surface area contributed by atoms with E-state index in [1.165, 1.54) is 0 Å². The quantitative estimate of drug-likeness (QED) is 0.578. The molecule has 0 aliphatic carbocycles. The molecule has 2 aromatic rings. The lowest BCUT2D eigenvalue weighted by molar-refractivity contribution is 0.943. The zero-order valence-electron chi connectivity index (χ0n) is 8.23. The van der Waals surface area contributed by atoms with Crippen LogP contribution < -0.4 is 5.43 Å². The van der Waals surface area contributed by atoms with Crippen LogP contribution in [0.15, 0.2) is 29.4 Å². The van der Waals surface area contributed by atoms with Gasteiger partial charge in [-0.3, -0.25) is 0 Å². The summed E-state index contributed by atoms with van der Waals surface area (Å²) in [5.41, 5.74) is 4.95. The molecule has 0 unspecified atom stereocenters. The lowest BCUT2D eigenvalue weighted by Gasteiger charge is -1.99. The minimum absolute atomic E-state index is 0.754. The van der Waals surface area contributed by atoms with Crippen molar-refractivity contribution in [3.63, 3.8) is 0 Å². The Morgan fingerprint density at radius 3 is 2.93 bits per heavy atom. The van der Waals surface area contributed by atoms with E-state index in [1.54, 1.807) is 6.21 Å². The molecule has 0 atom stereocenters. The molecule has 1 N–H and O–H groups in total. The third kappa shape index (κ3) is 1.35. The molecule has 0 fully saturated rings. The first-order valence-electron chi connectivity index (χ1n) is 4.48. The number of anilines is 1. The Balaban J connectivity index is 2.51. The van der Waals surface area contributed by atoms with E-state index >= 15 is 0 Å². The largest absolute Gasteiger partial charge is 0.312 e. The summed E-state index contributed by atoms with van der Waals surface area (Å²) < 4.78 is 1.97. The van der Waals surface area contributed by atoms with Gasteiger partial charge in [0, 0.05) is 13.3 Å². The molecule has 0 radical (unpaired) electrons. The van der Waals surface area contributed by atoms with E-state index in [4.69, 9.17) is 0 Å². The average molecular weight is 188 g/mol. The van der Waals surface area contributed by atoms with E-state index in [9.17, 15) is 0 Å². The minimum atomic E-state index is 0.754. The number of para-hydroxylation sites is 2. The molecule has 0 aliphatic heterocycles. The van der Waals surface area contributed by atoms with Gasteiger partial charge in [0.05, 0.1) is 11.0 Å². The van der Waals surface area contributed by atoms with Crippen LogP contribution in [0.1, 0.15) is 6.92 Å². The highest BCUT2D eigenvalue weighted by Gasteiger charge is 2.04. The first-order chi connectivity index (χ1) is 6.83. The smallest absolute Gasteiger partial charge is 0.224 e. The number of rotatable bonds is 2. The molecule has 0 spiro atoms. The Bertz CT molecular complexity index is 470. The Hall–Kier alpha value is -1.84. The van der Waals surface area contributed by atoms with Crippen molar-refractivity contribution in [2.75, 3.05) is 5.43 Å². The van der Waals surface area contributed by atoms with Crippen molar-refractivity contribution in [3.8, 4) is 0 Å². The van der Waals surface area contributed by atoms with Gasteiger partial charge in [-0.25, -0.2) is 10.4 Å². The number of benzene rings is 1. The van der Waals surface area contributed by atoms with E-state index in [0.29, 0.717) is 0 Å². The molecule has 4 heteroatoms. The first-order valence-corrected chi connectivity index (χ1v) is 4.48. The molecule has 0 saturated carbocycles. The topological polar surface area (TPSA) is 42.2 Å². The maximum absolute atomic E-state index is 4.39. The van der Waals surface area contributed by atoms with Crippen LogP contribution in [0.4, 0.5) is 5.95 Å². The van der Waals surface area contributed by atoms with Crippen molar-refractivity contribution < 1.29 is 0 Å². The van der Waals surface area contributed by atoms with Crippen LogP contribution in [-0.4, -0.2) is 15.8 Å².